The van der Waals surface area contributed by atoms with Crippen LogP contribution in [0, 0.1) is 6.92 Å². The molecular weight excluding hydrogens is 572 g/mol. The highest BCUT2D eigenvalue weighted by Crippen LogP contribution is 2.33. The lowest BCUT2D eigenvalue weighted by Crippen LogP contribution is -2.33. The van der Waals surface area contributed by atoms with Gasteiger partial charge in [-0.3, -0.25) is 4.79 Å². The molecule has 0 aliphatic carbocycles. The van der Waals surface area contributed by atoms with Crippen molar-refractivity contribution in [2.45, 2.75) is 21.4 Å². The number of hydrogen-bond donors (Lipinski definition) is 2. The minimum absolute atomic E-state index is 0.203. The maximum atomic E-state index is 12.9. The quantitative estimate of drug-likeness (QED) is 0.240. The van der Waals surface area contributed by atoms with E-state index in [2.05, 4.69) is 0 Å². The summed E-state index contributed by atoms with van der Waals surface area (Å²) in [6.45, 7) is -2.30. The fourth-order valence-electron chi connectivity index (χ4n) is 3.70. The Morgan fingerprint density at radius 1 is 0.833 bits per heavy atom. The molecule has 5 nitrogen and oxygen atoms in total. The topological polar surface area (TPSA) is 76.0 Å². The second-order valence-corrected chi connectivity index (χ2v) is 11.4. The Hall–Kier alpha value is -1.04. The zero-order valence-corrected chi connectivity index (χ0v) is 21.7. The Morgan fingerprint density at radius 2 is 1.22 bits per heavy atom. The fourth-order valence-corrected chi connectivity index (χ4v) is 3.70. The molecule has 0 bridgehead atoms. The lowest BCUT2D eigenvalue weighted by Gasteiger charge is -2.23. The number of carbonyl (C=O) groups is 1. The minimum atomic E-state index is -1.77. The van der Waals surface area contributed by atoms with E-state index in [4.69, 9.17) is 55.7 Å². The maximum Gasteiger partial charge on any atom is 0.492 e. The molecule has 0 atom stereocenters. The predicted molar refractivity (Wildman–Crippen MR) is 134 cm³/mol. The van der Waals surface area contributed by atoms with E-state index in [1.807, 2.05) is 6.92 Å². The van der Waals surface area contributed by atoms with Crippen LogP contribution in [0.25, 0.3) is 0 Å². The Morgan fingerprint density at radius 3 is 1.61 bits per heavy atom. The summed E-state index contributed by atoms with van der Waals surface area (Å²) in [4.78, 5) is 10.6. The smallest absolute Gasteiger partial charge is 0.423 e. The molecule has 0 radical (unpaired) electrons. The molecular formula is C21H20B2Cl4F4O5. The predicted octanol–water partition coefficient (Wildman–Crippen LogP) is 3.75. The summed E-state index contributed by atoms with van der Waals surface area (Å²) in [6.07, 6.45) is 0.576. The van der Waals surface area contributed by atoms with Gasteiger partial charge >= 0.3 is 14.2 Å². The van der Waals surface area contributed by atoms with Crippen molar-refractivity contribution >= 4 is 77.9 Å². The van der Waals surface area contributed by atoms with Crippen molar-refractivity contribution in [3.63, 3.8) is 0 Å². The standard InChI is InChI=1S/C10H9BF2O3.C10H11BF2O2.CCl4/c12-5-10(6-13)8-3-7(4-14)1-2-9(8)11(15)16-10;1-7-2-3-9-8(4-7)10(5-12,6-13)15-11(9)14;2-1(3,4)5/h1-4,15H,5-6H2;2-4,14H,5-6H2,1H3;. The molecule has 2 aliphatic heterocycles. The van der Waals surface area contributed by atoms with Gasteiger partial charge in [-0.25, -0.2) is 17.6 Å². The van der Waals surface area contributed by atoms with E-state index < -0.39 is 55.4 Å². The van der Waals surface area contributed by atoms with Gasteiger partial charge in [0.2, 0.25) is 0 Å². The van der Waals surface area contributed by atoms with Crippen molar-refractivity contribution in [2.24, 2.45) is 0 Å². The van der Waals surface area contributed by atoms with E-state index in [-0.39, 0.29) is 5.56 Å². The fraction of sp³-hybridized carbons (Fsp3) is 0.381. The maximum absolute atomic E-state index is 12.9. The van der Waals surface area contributed by atoms with Crippen molar-refractivity contribution in [3.8, 4) is 0 Å². The van der Waals surface area contributed by atoms with Crippen molar-refractivity contribution in [1.29, 1.82) is 0 Å². The van der Waals surface area contributed by atoms with Gasteiger partial charge < -0.3 is 19.4 Å². The van der Waals surface area contributed by atoms with Crippen LogP contribution in [-0.4, -0.2) is 60.5 Å². The molecule has 0 unspecified atom stereocenters. The minimum Gasteiger partial charge on any atom is -0.423 e. The molecule has 0 aromatic heterocycles. The number of rotatable bonds is 5. The highest BCUT2D eigenvalue weighted by Gasteiger charge is 2.48. The van der Waals surface area contributed by atoms with Gasteiger partial charge in [-0.15, -0.1) is 0 Å². The second-order valence-electron chi connectivity index (χ2n) is 7.95. The van der Waals surface area contributed by atoms with E-state index in [1.165, 1.54) is 18.2 Å². The van der Waals surface area contributed by atoms with Gasteiger partial charge in [-0.2, -0.15) is 0 Å². The third-order valence-corrected chi connectivity index (χ3v) is 5.47. The molecule has 0 fully saturated rings. The molecule has 0 amide bonds. The molecule has 0 spiro atoms. The van der Waals surface area contributed by atoms with Crippen LogP contribution >= 0.6 is 46.4 Å². The molecule has 36 heavy (non-hydrogen) atoms. The van der Waals surface area contributed by atoms with Crippen LogP contribution in [0.15, 0.2) is 36.4 Å². The summed E-state index contributed by atoms with van der Waals surface area (Å²) >= 11 is 19.3. The van der Waals surface area contributed by atoms with Gasteiger partial charge in [0.05, 0.1) is 0 Å². The zero-order chi connectivity index (χ0) is 27.3. The van der Waals surface area contributed by atoms with Crippen LogP contribution in [0.1, 0.15) is 27.0 Å². The van der Waals surface area contributed by atoms with Gasteiger partial charge in [-0.1, -0.05) is 82.3 Å². The molecule has 0 saturated heterocycles. The summed E-state index contributed by atoms with van der Waals surface area (Å²) in [5.74, 6) is 0. The average molecular weight is 592 g/mol. The number of hydrogen-bond acceptors (Lipinski definition) is 5. The van der Waals surface area contributed by atoms with Crippen LogP contribution in [-0.2, 0) is 20.5 Å². The van der Waals surface area contributed by atoms with E-state index in [0.29, 0.717) is 28.3 Å². The number of fused-ring (bicyclic) bond motifs is 2. The molecule has 15 heteroatoms. The molecule has 2 aliphatic rings. The van der Waals surface area contributed by atoms with Gasteiger partial charge in [0.15, 0.2) is 0 Å². The Labute approximate surface area is 225 Å². The molecule has 4 rings (SSSR count). The summed E-state index contributed by atoms with van der Waals surface area (Å²) in [7, 11) is -2.57. The first-order chi connectivity index (χ1) is 16.8. The molecule has 2 heterocycles. The third-order valence-electron chi connectivity index (χ3n) is 5.47. The first-order valence-electron chi connectivity index (χ1n) is 10.2. The SMILES string of the molecule is Cc1ccc2c(c1)C(CF)(CF)OB2O.ClC(Cl)(Cl)Cl.O=Cc1ccc2c(c1)C(CF)(CF)OB2O. The normalized spacial score (nSPS) is 16.9. The summed E-state index contributed by atoms with van der Waals surface area (Å²) in [5.41, 5.74) is -0.819. The van der Waals surface area contributed by atoms with Crippen molar-refractivity contribution in [1.82, 2.24) is 0 Å². The summed E-state index contributed by atoms with van der Waals surface area (Å²) in [6, 6.07) is 9.32. The molecule has 0 saturated carbocycles. The number of aldehydes is 1. The van der Waals surface area contributed by atoms with E-state index in [9.17, 15) is 32.4 Å². The van der Waals surface area contributed by atoms with Gasteiger partial charge in [-0.05, 0) is 35.0 Å². The monoisotopic (exact) mass is 590 g/mol. The highest BCUT2D eigenvalue weighted by molar-refractivity contribution is 6.83. The Kier molecular flexibility index (Phi) is 11.0. The van der Waals surface area contributed by atoms with Crippen molar-refractivity contribution in [2.75, 3.05) is 26.7 Å². The van der Waals surface area contributed by atoms with Gasteiger partial charge in [0, 0.05) is 5.56 Å². The first kappa shape index (κ1) is 31.2. The largest absolute Gasteiger partial charge is 0.492 e. The van der Waals surface area contributed by atoms with Crippen LogP contribution in [0.4, 0.5) is 17.6 Å². The zero-order valence-electron chi connectivity index (χ0n) is 18.7. The molecule has 2 aromatic carbocycles. The average Bonchev–Trinajstić information content (AvgIpc) is 3.29. The van der Waals surface area contributed by atoms with E-state index >= 15 is 0 Å². The van der Waals surface area contributed by atoms with Crippen LogP contribution in [0.2, 0.25) is 0 Å². The number of halogens is 8. The van der Waals surface area contributed by atoms with Crippen molar-refractivity contribution in [3.05, 3.63) is 58.7 Å². The highest BCUT2D eigenvalue weighted by atomic mass is 35.6. The number of aryl methyl sites for hydroxylation is 1. The number of alkyl halides is 8. The Bertz CT molecular complexity index is 1050. The molecule has 196 valence electrons. The van der Waals surface area contributed by atoms with E-state index in [0.717, 1.165) is 5.56 Å². The van der Waals surface area contributed by atoms with Crippen LogP contribution in [0.5, 0.6) is 0 Å². The summed E-state index contributed by atoms with van der Waals surface area (Å²) in [5, 5.41) is 19.0. The first-order valence-corrected chi connectivity index (χ1v) is 11.7. The Balaban J connectivity index is 0.000000215. The van der Waals surface area contributed by atoms with Gasteiger partial charge in [0.1, 0.15) is 44.2 Å². The second kappa shape index (κ2) is 12.7. The third kappa shape index (κ3) is 7.08. The van der Waals surface area contributed by atoms with Crippen LogP contribution < -0.4 is 10.9 Å². The van der Waals surface area contributed by atoms with E-state index in [1.54, 1.807) is 18.2 Å². The number of carbonyl (C=O) groups excluding carboxylic acids is 1. The lowest BCUT2D eigenvalue weighted by molar-refractivity contribution is 0.0104. The molecule has 2 N–H and O–H groups in total. The lowest BCUT2D eigenvalue weighted by atomic mass is 9.78. The van der Waals surface area contributed by atoms with Gasteiger partial charge in [0.25, 0.3) is 3.25 Å². The number of benzene rings is 2. The van der Waals surface area contributed by atoms with Crippen LogP contribution in [0.3, 0.4) is 0 Å². The van der Waals surface area contributed by atoms with Crippen molar-refractivity contribution < 1.29 is 41.7 Å². The summed E-state index contributed by atoms with van der Waals surface area (Å²) < 4.78 is 59.8. The molecule has 2 aromatic rings.